The monoisotopic (exact) mass is 204 g/mol. The lowest BCUT2D eigenvalue weighted by Gasteiger charge is -2.10. The summed E-state index contributed by atoms with van der Waals surface area (Å²) in [4.78, 5) is 11.3. The SMILES string of the molecule is CCOC(=O)[C@@H](N)c1ccc(C#N)cc1. The molecule has 0 radical (unpaired) electrons. The molecule has 0 fully saturated rings. The summed E-state index contributed by atoms with van der Waals surface area (Å²) in [6, 6.07) is 7.76. The summed E-state index contributed by atoms with van der Waals surface area (Å²) < 4.78 is 4.79. The molecule has 0 aliphatic carbocycles. The number of rotatable bonds is 3. The van der Waals surface area contributed by atoms with Crippen LogP contribution in [0, 0.1) is 11.3 Å². The summed E-state index contributed by atoms with van der Waals surface area (Å²) in [5, 5.41) is 8.59. The number of ether oxygens (including phenoxy) is 1. The van der Waals surface area contributed by atoms with E-state index in [1.807, 2.05) is 6.07 Å². The molecule has 15 heavy (non-hydrogen) atoms. The molecule has 2 N–H and O–H groups in total. The van der Waals surface area contributed by atoms with Crippen LogP contribution in [0.5, 0.6) is 0 Å². The van der Waals surface area contributed by atoms with Crippen LogP contribution in [0.25, 0.3) is 0 Å². The molecule has 1 aromatic rings. The van der Waals surface area contributed by atoms with Crippen molar-refractivity contribution in [1.29, 1.82) is 5.26 Å². The smallest absolute Gasteiger partial charge is 0.327 e. The van der Waals surface area contributed by atoms with Gasteiger partial charge in [-0.2, -0.15) is 5.26 Å². The molecular weight excluding hydrogens is 192 g/mol. The lowest BCUT2D eigenvalue weighted by molar-refractivity contribution is -0.144. The van der Waals surface area contributed by atoms with Crippen molar-refractivity contribution in [3.63, 3.8) is 0 Å². The van der Waals surface area contributed by atoms with Crippen molar-refractivity contribution in [2.75, 3.05) is 6.61 Å². The van der Waals surface area contributed by atoms with Crippen molar-refractivity contribution in [3.8, 4) is 6.07 Å². The van der Waals surface area contributed by atoms with Gasteiger partial charge in [-0.15, -0.1) is 0 Å². The number of benzene rings is 1. The molecule has 0 heterocycles. The van der Waals surface area contributed by atoms with Gasteiger partial charge in [-0.1, -0.05) is 12.1 Å². The van der Waals surface area contributed by atoms with E-state index in [0.29, 0.717) is 17.7 Å². The Morgan fingerprint density at radius 3 is 2.60 bits per heavy atom. The standard InChI is InChI=1S/C11H12N2O2/c1-2-15-11(14)10(13)9-5-3-8(7-12)4-6-9/h3-6,10H,2,13H2,1H3/t10-/m0/s1. The molecular formula is C11H12N2O2. The number of nitrogens with two attached hydrogens (primary N) is 1. The third kappa shape index (κ3) is 2.79. The van der Waals surface area contributed by atoms with Crippen molar-refractivity contribution in [1.82, 2.24) is 0 Å². The number of hydrogen-bond acceptors (Lipinski definition) is 4. The third-order valence-corrected chi connectivity index (χ3v) is 1.94. The zero-order valence-corrected chi connectivity index (χ0v) is 8.43. The molecule has 0 aliphatic rings. The van der Waals surface area contributed by atoms with E-state index in [0.717, 1.165) is 0 Å². The topological polar surface area (TPSA) is 76.1 Å². The maximum atomic E-state index is 11.3. The summed E-state index contributed by atoms with van der Waals surface area (Å²) in [7, 11) is 0. The first kappa shape index (κ1) is 11.2. The van der Waals surface area contributed by atoms with Gasteiger partial charge in [-0.05, 0) is 24.6 Å². The molecule has 0 unspecified atom stereocenters. The van der Waals surface area contributed by atoms with E-state index in [2.05, 4.69) is 0 Å². The Morgan fingerprint density at radius 2 is 2.13 bits per heavy atom. The quantitative estimate of drug-likeness (QED) is 0.748. The Kier molecular flexibility index (Phi) is 3.83. The number of esters is 1. The fourth-order valence-corrected chi connectivity index (χ4v) is 1.13. The number of carbonyl (C=O) groups excluding carboxylic acids is 1. The van der Waals surface area contributed by atoms with Gasteiger partial charge in [0.1, 0.15) is 6.04 Å². The minimum Gasteiger partial charge on any atom is -0.465 e. The molecule has 0 amide bonds. The van der Waals surface area contributed by atoms with Crippen LogP contribution in [-0.4, -0.2) is 12.6 Å². The van der Waals surface area contributed by atoms with Gasteiger partial charge in [-0.25, -0.2) is 4.79 Å². The van der Waals surface area contributed by atoms with Crippen molar-refractivity contribution in [3.05, 3.63) is 35.4 Å². The Labute approximate surface area is 88.3 Å². The van der Waals surface area contributed by atoms with E-state index in [4.69, 9.17) is 15.7 Å². The minimum atomic E-state index is -0.780. The fraction of sp³-hybridized carbons (Fsp3) is 0.273. The summed E-state index contributed by atoms with van der Waals surface area (Å²) in [6.07, 6.45) is 0. The first-order chi connectivity index (χ1) is 7.19. The number of hydrogen-bond donors (Lipinski definition) is 1. The Hall–Kier alpha value is -1.86. The Bertz CT molecular complexity index is 379. The second-order valence-corrected chi connectivity index (χ2v) is 2.96. The highest BCUT2D eigenvalue weighted by Crippen LogP contribution is 2.12. The molecule has 0 saturated heterocycles. The van der Waals surface area contributed by atoms with E-state index in [1.54, 1.807) is 31.2 Å². The third-order valence-electron chi connectivity index (χ3n) is 1.94. The highest BCUT2D eigenvalue weighted by atomic mass is 16.5. The van der Waals surface area contributed by atoms with Gasteiger partial charge in [-0.3, -0.25) is 0 Å². The summed E-state index contributed by atoms with van der Waals surface area (Å²) in [6.45, 7) is 2.03. The second kappa shape index (κ2) is 5.13. The average molecular weight is 204 g/mol. The normalized spacial score (nSPS) is 11.5. The maximum Gasteiger partial charge on any atom is 0.327 e. The summed E-state index contributed by atoms with van der Waals surface area (Å²) >= 11 is 0. The van der Waals surface area contributed by atoms with E-state index in [-0.39, 0.29) is 0 Å². The molecule has 4 nitrogen and oxygen atoms in total. The van der Waals surface area contributed by atoms with Crippen molar-refractivity contribution in [2.24, 2.45) is 5.73 Å². The van der Waals surface area contributed by atoms with E-state index in [9.17, 15) is 4.79 Å². The van der Waals surface area contributed by atoms with Crippen LogP contribution in [0.2, 0.25) is 0 Å². The number of carbonyl (C=O) groups is 1. The molecule has 1 aromatic carbocycles. The van der Waals surface area contributed by atoms with Crippen LogP contribution in [0.3, 0.4) is 0 Å². The first-order valence-electron chi connectivity index (χ1n) is 4.61. The minimum absolute atomic E-state index is 0.308. The van der Waals surface area contributed by atoms with Crippen LogP contribution < -0.4 is 5.73 Å². The molecule has 4 heteroatoms. The molecule has 0 bridgehead atoms. The molecule has 1 atom stereocenters. The first-order valence-corrected chi connectivity index (χ1v) is 4.61. The largest absolute Gasteiger partial charge is 0.465 e. The predicted octanol–water partition coefficient (Wildman–Crippen LogP) is 1.12. The van der Waals surface area contributed by atoms with Gasteiger partial charge < -0.3 is 10.5 Å². The molecule has 0 spiro atoms. The highest BCUT2D eigenvalue weighted by molar-refractivity contribution is 5.77. The zero-order valence-electron chi connectivity index (χ0n) is 8.43. The lowest BCUT2D eigenvalue weighted by atomic mass is 10.1. The Morgan fingerprint density at radius 1 is 1.53 bits per heavy atom. The second-order valence-electron chi connectivity index (χ2n) is 2.96. The zero-order chi connectivity index (χ0) is 11.3. The van der Waals surface area contributed by atoms with Crippen molar-refractivity contribution in [2.45, 2.75) is 13.0 Å². The van der Waals surface area contributed by atoms with Crippen LogP contribution in [0.15, 0.2) is 24.3 Å². The molecule has 1 rings (SSSR count). The van der Waals surface area contributed by atoms with Gasteiger partial charge >= 0.3 is 5.97 Å². The Balaban J connectivity index is 2.79. The predicted molar refractivity (Wildman–Crippen MR) is 54.7 cm³/mol. The van der Waals surface area contributed by atoms with Gasteiger partial charge in [0.25, 0.3) is 0 Å². The molecule has 0 aliphatic heterocycles. The van der Waals surface area contributed by atoms with Gasteiger partial charge in [0, 0.05) is 0 Å². The van der Waals surface area contributed by atoms with E-state index >= 15 is 0 Å². The highest BCUT2D eigenvalue weighted by Gasteiger charge is 2.16. The van der Waals surface area contributed by atoms with Crippen LogP contribution in [0.4, 0.5) is 0 Å². The van der Waals surface area contributed by atoms with E-state index < -0.39 is 12.0 Å². The fourth-order valence-electron chi connectivity index (χ4n) is 1.13. The lowest BCUT2D eigenvalue weighted by Crippen LogP contribution is -2.23. The molecule has 0 aromatic heterocycles. The van der Waals surface area contributed by atoms with Gasteiger partial charge in [0.05, 0.1) is 18.2 Å². The van der Waals surface area contributed by atoms with Crippen LogP contribution in [0.1, 0.15) is 24.1 Å². The molecule has 78 valence electrons. The maximum absolute atomic E-state index is 11.3. The average Bonchev–Trinajstić information content (AvgIpc) is 2.28. The van der Waals surface area contributed by atoms with Crippen molar-refractivity contribution >= 4 is 5.97 Å². The van der Waals surface area contributed by atoms with Gasteiger partial charge in [0.2, 0.25) is 0 Å². The van der Waals surface area contributed by atoms with Gasteiger partial charge in [0.15, 0.2) is 0 Å². The molecule has 0 saturated carbocycles. The van der Waals surface area contributed by atoms with E-state index in [1.165, 1.54) is 0 Å². The van der Waals surface area contributed by atoms with Crippen LogP contribution in [-0.2, 0) is 9.53 Å². The summed E-state index contributed by atoms with van der Waals surface area (Å²) in [5.41, 5.74) is 6.84. The van der Waals surface area contributed by atoms with Crippen molar-refractivity contribution < 1.29 is 9.53 Å². The number of nitriles is 1. The van der Waals surface area contributed by atoms with Crippen LogP contribution >= 0.6 is 0 Å². The number of nitrogens with zero attached hydrogens (tertiary/aromatic N) is 1. The summed E-state index contributed by atoms with van der Waals surface area (Å²) in [5.74, 6) is -0.456.